The Morgan fingerprint density at radius 3 is 2.56 bits per heavy atom. The number of fused-ring (bicyclic) bond motifs is 1. The van der Waals surface area contributed by atoms with Gasteiger partial charge in [0, 0.05) is 24.8 Å². The fourth-order valence-corrected chi connectivity index (χ4v) is 2.09. The lowest BCUT2D eigenvalue weighted by atomic mass is 10.1. The molecule has 100 valence electrons. The van der Waals surface area contributed by atoms with Crippen LogP contribution in [0.2, 0.25) is 0 Å². The lowest BCUT2D eigenvalue weighted by molar-refractivity contribution is 0.138. The standard InChI is InChI=1S/C13H20N2O3/c1-9(16)7-15(2)8-10-5-12-13(6-11(10)14)18-4-3-17-12/h5-6,9,16H,3-4,7-8,14H2,1-2H3. The Hall–Kier alpha value is -1.46. The van der Waals surface area contributed by atoms with Crippen molar-refractivity contribution in [3.05, 3.63) is 17.7 Å². The van der Waals surface area contributed by atoms with Gasteiger partial charge in [0.05, 0.1) is 6.10 Å². The van der Waals surface area contributed by atoms with Gasteiger partial charge in [-0.05, 0) is 25.6 Å². The highest BCUT2D eigenvalue weighted by Crippen LogP contribution is 2.34. The van der Waals surface area contributed by atoms with Crippen LogP contribution in [-0.2, 0) is 6.54 Å². The van der Waals surface area contributed by atoms with Crippen molar-refractivity contribution >= 4 is 5.69 Å². The van der Waals surface area contributed by atoms with Crippen LogP contribution < -0.4 is 15.2 Å². The van der Waals surface area contributed by atoms with Crippen LogP contribution in [0.3, 0.4) is 0 Å². The number of aliphatic hydroxyl groups is 1. The number of anilines is 1. The zero-order chi connectivity index (χ0) is 13.1. The fourth-order valence-electron chi connectivity index (χ4n) is 2.09. The Labute approximate surface area is 107 Å². The summed E-state index contributed by atoms with van der Waals surface area (Å²) in [7, 11) is 1.95. The van der Waals surface area contributed by atoms with Crippen molar-refractivity contribution < 1.29 is 14.6 Å². The summed E-state index contributed by atoms with van der Waals surface area (Å²) in [5.74, 6) is 1.46. The van der Waals surface area contributed by atoms with Crippen molar-refractivity contribution in [3.63, 3.8) is 0 Å². The van der Waals surface area contributed by atoms with Crippen LogP contribution in [0.25, 0.3) is 0 Å². The van der Waals surface area contributed by atoms with Gasteiger partial charge in [0.25, 0.3) is 0 Å². The lowest BCUT2D eigenvalue weighted by Gasteiger charge is -2.23. The van der Waals surface area contributed by atoms with Gasteiger partial charge in [0.15, 0.2) is 11.5 Å². The van der Waals surface area contributed by atoms with Crippen LogP contribution in [0, 0.1) is 0 Å². The Morgan fingerprint density at radius 1 is 1.33 bits per heavy atom. The Bertz CT molecular complexity index is 421. The molecular weight excluding hydrogens is 232 g/mol. The van der Waals surface area contributed by atoms with E-state index >= 15 is 0 Å². The molecule has 0 bridgehead atoms. The van der Waals surface area contributed by atoms with Gasteiger partial charge in [-0.2, -0.15) is 0 Å². The quantitative estimate of drug-likeness (QED) is 0.778. The monoisotopic (exact) mass is 252 g/mol. The molecule has 0 spiro atoms. The highest BCUT2D eigenvalue weighted by Gasteiger charge is 2.15. The predicted octanol–water partition coefficient (Wildman–Crippen LogP) is 0.853. The second-order valence-corrected chi connectivity index (χ2v) is 4.74. The molecule has 0 saturated heterocycles. The molecule has 1 aromatic rings. The average molecular weight is 252 g/mol. The maximum absolute atomic E-state index is 9.34. The molecule has 1 aromatic carbocycles. The maximum atomic E-state index is 9.34. The molecular formula is C13H20N2O3. The first kappa shape index (κ1) is 13.0. The second kappa shape index (κ2) is 5.46. The van der Waals surface area contributed by atoms with Crippen LogP contribution in [0.5, 0.6) is 11.5 Å². The molecule has 0 aromatic heterocycles. The van der Waals surface area contributed by atoms with Crippen molar-refractivity contribution in [2.75, 3.05) is 32.5 Å². The number of nitrogens with two attached hydrogens (primary N) is 1. The molecule has 0 fully saturated rings. The third kappa shape index (κ3) is 3.05. The first-order valence-corrected chi connectivity index (χ1v) is 6.11. The minimum Gasteiger partial charge on any atom is -0.486 e. The molecule has 0 saturated carbocycles. The molecule has 3 N–H and O–H groups in total. The highest BCUT2D eigenvalue weighted by molar-refractivity contribution is 5.58. The van der Waals surface area contributed by atoms with E-state index in [1.807, 2.05) is 18.0 Å². The number of hydrogen-bond acceptors (Lipinski definition) is 5. The van der Waals surface area contributed by atoms with E-state index in [1.165, 1.54) is 0 Å². The zero-order valence-corrected chi connectivity index (χ0v) is 10.8. The topological polar surface area (TPSA) is 68.0 Å². The first-order valence-electron chi connectivity index (χ1n) is 6.11. The molecule has 0 aliphatic carbocycles. The molecule has 5 nitrogen and oxygen atoms in total. The van der Waals surface area contributed by atoms with E-state index < -0.39 is 0 Å². The normalized spacial score (nSPS) is 15.8. The van der Waals surface area contributed by atoms with Crippen LogP contribution in [0.1, 0.15) is 12.5 Å². The maximum Gasteiger partial charge on any atom is 0.163 e. The largest absolute Gasteiger partial charge is 0.486 e. The number of nitrogens with zero attached hydrogens (tertiary/aromatic N) is 1. The number of hydrogen-bond donors (Lipinski definition) is 2. The Morgan fingerprint density at radius 2 is 1.94 bits per heavy atom. The Balaban J connectivity index is 2.13. The second-order valence-electron chi connectivity index (χ2n) is 4.74. The summed E-state index contributed by atoms with van der Waals surface area (Å²) in [6.07, 6.45) is -0.353. The highest BCUT2D eigenvalue weighted by atomic mass is 16.6. The van der Waals surface area contributed by atoms with Gasteiger partial charge in [0.1, 0.15) is 13.2 Å². The molecule has 1 aliphatic heterocycles. The van der Waals surface area contributed by atoms with Gasteiger partial charge in [-0.25, -0.2) is 0 Å². The van der Waals surface area contributed by atoms with Crippen molar-refractivity contribution in [2.24, 2.45) is 0 Å². The van der Waals surface area contributed by atoms with E-state index in [2.05, 4.69) is 0 Å². The van der Waals surface area contributed by atoms with Crippen LogP contribution in [0.4, 0.5) is 5.69 Å². The van der Waals surface area contributed by atoms with Crippen LogP contribution in [-0.4, -0.2) is 42.9 Å². The number of benzene rings is 1. The minimum absolute atomic E-state index is 0.353. The molecule has 1 unspecified atom stereocenters. The third-order valence-electron chi connectivity index (χ3n) is 2.82. The molecule has 0 amide bonds. The smallest absolute Gasteiger partial charge is 0.163 e. The van der Waals surface area contributed by atoms with Crippen LogP contribution >= 0.6 is 0 Å². The van der Waals surface area contributed by atoms with E-state index in [1.54, 1.807) is 13.0 Å². The average Bonchev–Trinajstić information content (AvgIpc) is 2.29. The van der Waals surface area contributed by atoms with E-state index in [9.17, 15) is 5.11 Å². The van der Waals surface area contributed by atoms with Crippen molar-refractivity contribution in [2.45, 2.75) is 19.6 Å². The van der Waals surface area contributed by atoms with Crippen LogP contribution in [0.15, 0.2) is 12.1 Å². The molecule has 5 heteroatoms. The summed E-state index contributed by atoms with van der Waals surface area (Å²) in [5.41, 5.74) is 7.68. The van der Waals surface area contributed by atoms with E-state index in [4.69, 9.17) is 15.2 Å². The Kier molecular flexibility index (Phi) is 3.93. The number of aliphatic hydroxyl groups excluding tert-OH is 1. The SMILES string of the molecule is CC(O)CN(C)Cc1cc2c(cc1N)OCCO2. The van der Waals surface area contributed by atoms with Gasteiger partial charge in [-0.3, -0.25) is 4.90 Å². The van der Waals surface area contributed by atoms with Crippen molar-refractivity contribution in [1.29, 1.82) is 0 Å². The third-order valence-corrected chi connectivity index (χ3v) is 2.82. The number of rotatable bonds is 4. The number of nitrogen functional groups attached to an aromatic ring is 1. The summed E-state index contributed by atoms with van der Waals surface area (Å²) in [5, 5.41) is 9.34. The lowest BCUT2D eigenvalue weighted by Crippen LogP contribution is -2.27. The first-order chi connectivity index (χ1) is 8.56. The van der Waals surface area contributed by atoms with Gasteiger partial charge in [-0.1, -0.05) is 0 Å². The van der Waals surface area contributed by atoms with Crippen molar-refractivity contribution in [3.8, 4) is 11.5 Å². The predicted molar refractivity (Wildman–Crippen MR) is 69.9 cm³/mol. The summed E-state index contributed by atoms with van der Waals surface area (Å²) >= 11 is 0. The van der Waals surface area contributed by atoms with Crippen molar-refractivity contribution in [1.82, 2.24) is 4.90 Å². The summed E-state index contributed by atoms with van der Waals surface area (Å²) in [4.78, 5) is 2.02. The molecule has 1 atom stereocenters. The van der Waals surface area contributed by atoms with Gasteiger partial charge in [0.2, 0.25) is 0 Å². The summed E-state index contributed by atoms with van der Waals surface area (Å²) in [6.45, 7) is 4.18. The van der Waals surface area contributed by atoms with E-state index in [-0.39, 0.29) is 6.10 Å². The minimum atomic E-state index is -0.353. The fraction of sp³-hybridized carbons (Fsp3) is 0.538. The molecule has 1 aliphatic rings. The molecule has 1 heterocycles. The van der Waals surface area contributed by atoms with Gasteiger partial charge in [-0.15, -0.1) is 0 Å². The number of ether oxygens (including phenoxy) is 2. The molecule has 18 heavy (non-hydrogen) atoms. The molecule has 0 radical (unpaired) electrons. The van der Waals surface area contributed by atoms with Gasteiger partial charge < -0.3 is 20.3 Å². The van der Waals surface area contributed by atoms with Gasteiger partial charge >= 0.3 is 0 Å². The molecule has 2 rings (SSSR count). The van der Waals surface area contributed by atoms with E-state index in [0.29, 0.717) is 37.7 Å². The number of likely N-dealkylation sites (N-methyl/N-ethyl adjacent to an activating group) is 1. The van der Waals surface area contributed by atoms with E-state index in [0.717, 1.165) is 11.3 Å². The summed E-state index contributed by atoms with van der Waals surface area (Å²) in [6, 6.07) is 3.72. The summed E-state index contributed by atoms with van der Waals surface area (Å²) < 4.78 is 11.0. The zero-order valence-electron chi connectivity index (χ0n) is 10.8.